The zero-order valence-electron chi connectivity index (χ0n) is 17.1. The van der Waals surface area contributed by atoms with E-state index in [1.165, 1.54) is 12.1 Å². The largest absolute Gasteiger partial charge is 0.362 e. The number of nitrogens with zero attached hydrogens (tertiary/aromatic N) is 4. The molecule has 1 unspecified atom stereocenters. The van der Waals surface area contributed by atoms with E-state index in [4.69, 9.17) is 5.10 Å². The Hall–Kier alpha value is -3.74. The second-order valence-electron chi connectivity index (χ2n) is 7.75. The van der Waals surface area contributed by atoms with Gasteiger partial charge in [-0.15, -0.1) is 5.10 Å². The maximum atomic E-state index is 13.6. The summed E-state index contributed by atoms with van der Waals surface area (Å²) in [5, 5.41) is 8.04. The predicted octanol–water partition coefficient (Wildman–Crippen LogP) is 4.84. The number of benzene rings is 2. The zero-order valence-corrected chi connectivity index (χ0v) is 17.1. The van der Waals surface area contributed by atoms with Gasteiger partial charge in [0.2, 0.25) is 5.91 Å². The number of halogens is 1. The lowest BCUT2D eigenvalue weighted by molar-refractivity contribution is -0.117. The van der Waals surface area contributed by atoms with Crippen molar-refractivity contribution < 1.29 is 9.18 Å². The molecule has 6 nitrogen and oxygen atoms in total. The first-order chi connectivity index (χ1) is 15.1. The van der Waals surface area contributed by atoms with E-state index in [-0.39, 0.29) is 17.8 Å². The van der Waals surface area contributed by atoms with Gasteiger partial charge in [0.25, 0.3) is 0 Å². The molecular weight excluding hydrogens is 393 g/mol. The molecule has 0 bridgehead atoms. The van der Waals surface area contributed by atoms with Gasteiger partial charge in [-0.3, -0.25) is 4.79 Å². The Morgan fingerprint density at radius 3 is 2.77 bits per heavy atom. The van der Waals surface area contributed by atoms with Gasteiger partial charge in [-0.25, -0.2) is 13.9 Å². The van der Waals surface area contributed by atoms with Crippen molar-refractivity contribution in [1.82, 2.24) is 14.6 Å². The molecule has 1 aliphatic rings. The summed E-state index contributed by atoms with van der Waals surface area (Å²) in [6.45, 7) is 2.71. The molecule has 0 saturated carbocycles. The summed E-state index contributed by atoms with van der Waals surface area (Å²) in [4.78, 5) is 18.4. The van der Waals surface area contributed by atoms with Crippen LogP contribution in [0.3, 0.4) is 0 Å². The van der Waals surface area contributed by atoms with Gasteiger partial charge in [0.15, 0.2) is 5.65 Å². The Labute approximate surface area is 179 Å². The Kier molecular flexibility index (Phi) is 4.86. The average molecular weight is 415 g/mol. The molecular formula is C24H22FN5O. The third kappa shape index (κ3) is 3.74. The van der Waals surface area contributed by atoms with Crippen LogP contribution in [0.4, 0.5) is 15.9 Å². The van der Waals surface area contributed by atoms with Crippen LogP contribution in [0.25, 0.3) is 16.9 Å². The van der Waals surface area contributed by atoms with E-state index >= 15 is 0 Å². The SMILES string of the molecule is CC(Nc1ccc2ncc(-c3cccc(N4CCCC4=O)c3)n2n1)c1cccc(F)c1. The summed E-state index contributed by atoms with van der Waals surface area (Å²) in [5.74, 6) is 0.559. The number of carbonyl (C=O) groups is 1. The van der Waals surface area contributed by atoms with E-state index in [2.05, 4.69) is 10.3 Å². The molecule has 5 rings (SSSR count). The Morgan fingerprint density at radius 2 is 1.97 bits per heavy atom. The van der Waals surface area contributed by atoms with Gasteiger partial charge >= 0.3 is 0 Å². The molecule has 1 atom stereocenters. The van der Waals surface area contributed by atoms with Crippen LogP contribution in [0.1, 0.15) is 31.4 Å². The summed E-state index contributed by atoms with van der Waals surface area (Å²) < 4.78 is 15.3. The lowest BCUT2D eigenvalue weighted by atomic mass is 10.1. The standard InChI is InChI=1S/C24H22FN5O/c1-16(17-5-2-7-19(25)13-17)27-22-10-11-23-26-15-21(30(23)28-22)18-6-3-8-20(14-18)29-12-4-9-24(29)31/h2-3,5-8,10-11,13-16H,4,9,12H2,1H3,(H,27,28). The molecule has 1 aliphatic heterocycles. The van der Waals surface area contributed by atoms with Crippen LogP contribution in [0.2, 0.25) is 0 Å². The first-order valence-corrected chi connectivity index (χ1v) is 10.4. The molecule has 31 heavy (non-hydrogen) atoms. The van der Waals surface area contributed by atoms with E-state index < -0.39 is 0 Å². The van der Waals surface area contributed by atoms with Crippen LogP contribution in [-0.2, 0) is 4.79 Å². The number of imidazole rings is 1. The summed E-state index contributed by atoms with van der Waals surface area (Å²) in [6.07, 6.45) is 3.27. The smallest absolute Gasteiger partial charge is 0.227 e. The first-order valence-electron chi connectivity index (χ1n) is 10.4. The Balaban J connectivity index is 1.46. The van der Waals surface area contributed by atoms with Gasteiger partial charge in [-0.1, -0.05) is 24.3 Å². The average Bonchev–Trinajstić information content (AvgIpc) is 3.39. The van der Waals surface area contributed by atoms with E-state index in [1.807, 2.05) is 54.3 Å². The molecule has 2 aromatic heterocycles. The lowest BCUT2D eigenvalue weighted by Gasteiger charge is -2.17. The van der Waals surface area contributed by atoms with Crippen molar-refractivity contribution in [2.24, 2.45) is 0 Å². The summed E-state index contributed by atoms with van der Waals surface area (Å²) >= 11 is 0. The van der Waals surface area contributed by atoms with Gasteiger partial charge in [0, 0.05) is 24.2 Å². The molecule has 156 valence electrons. The van der Waals surface area contributed by atoms with Crippen molar-refractivity contribution in [2.45, 2.75) is 25.8 Å². The minimum absolute atomic E-state index is 0.114. The number of carbonyl (C=O) groups excluding carboxylic acids is 1. The zero-order chi connectivity index (χ0) is 21.4. The van der Waals surface area contributed by atoms with Crippen LogP contribution in [0, 0.1) is 5.82 Å². The first kappa shape index (κ1) is 19.2. The quantitative estimate of drug-likeness (QED) is 0.507. The Bertz CT molecular complexity index is 1270. The molecule has 1 fully saturated rings. The molecule has 0 aliphatic carbocycles. The topological polar surface area (TPSA) is 62.5 Å². The monoisotopic (exact) mass is 415 g/mol. The highest BCUT2D eigenvalue weighted by atomic mass is 19.1. The molecule has 7 heteroatoms. The summed E-state index contributed by atoms with van der Waals surface area (Å²) in [7, 11) is 0. The van der Waals surface area contributed by atoms with Crippen LogP contribution in [0.15, 0.2) is 66.9 Å². The second kappa shape index (κ2) is 7.83. The molecule has 2 aromatic carbocycles. The highest BCUT2D eigenvalue weighted by Gasteiger charge is 2.22. The van der Waals surface area contributed by atoms with Crippen molar-refractivity contribution >= 4 is 23.1 Å². The fourth-order valence-electron chi connectivity index (χ4n) is 3.98. The van der Waals surface area contributed by atoms with Gasteiger partial charge in [0.05, 0.1) is 17.9 Å². The van der Waals surface area contributed by atoms with E-state index in [9.17, 15) is 9.18 Å². The summed E-state index contributed by atoms with van der Waals surface area (Å²) in [5.41, 5.74) is 4.24. The fraction of sp³-hybridized carbons (Fsp3) is 0.208. The molecule has 4 aromatic rings. The molecule has 0 spiro atoms. The highest BCUT2D eigenvalue weighted by molar-refractivity contribution is 5.95. The molecule has 1 N–H and O–H groups in total. The predicted molar refractivity (Wildman–Crippen MR) is 118 cm³/mol. The molecule has 1 amide bonds. The third-order valence-corrected chi connectivity index (χ3v) is 5.60. The fourth-order valence-corrected chi connectivity index (χ4v) is 3.98. The number of aromatic nitrogens is 3. The van der Waals surface area contributed by atoms with Crippen LogP contribution >= 0.6 is 0 Å². The van der Waals surface area contributed by atoms with E-state index in [0.717, 1.165) is 41.1 Å². The molecule has 3 heterocycles. The number of hydrogen-bond donors (Lipinski definition) is 1. The van der Waals surface area contributed by atoms with Crippen LogP contribution in [-0.4, -0.2) is 27.0 Å². The minimum atomic E-state index is -0.261. The highest BCUT2D eigenvalue weighted by Crippen LogP contribution is 2.28. The number of anilines is 2. The lowest BCUT2D eigenvalue weighted by Crippen LogP contribution is -2.23. The van der Waals surface area contributed by atoms with Gasteiger partial charge in [-0.05, 0) is 55.3 Å². The van der Waals surface area contributed by atoms with Crippen molar-refractivity contribution in [3.8, 4) is 11.3 Å². The molecule has 0 radical (unpaired) electrons. The van der Waals surface area contributed by atoms with E-state index in [0.29, 0.717) is 12.2 Å². The summed E-state index contributed by atoms with van der Waals surface area (Å²) in [6, 6.07) is 18.1. The Morgan fingerprint density at radius 1 is 1.10 bits per heavy atom. The van der Waals surface area contributed by atoms with Crippen molar-refractivity contribution in [2.75, 3.05) is 16.8 Å². The van der Waals surface area contributed by atoms with Crippen molar-refractivity contribution in [3.63, 3.8) is 0 Å². The third-order valence-electron chi connectivity index (χ3n) is 5.60. The van der Waals surface area contributed by atoms with Crippen LogP contribution < -0.4 is 10.2 Å². The number of rotatable bonds is 5. The number of amides is 1. The normalized spacial score (nSPS) is 14.9. The van der Waals surface area contributed by atoms with Crippen LogP contribution in [0.5, 0.6) is 0 Å². The van der Waals surface area contributed by atoms with Gasteiger partial charge in [0.1, 0.15) is 11.6 Å². The van der Waals surface area contributed by atoms with Crippen molar-refractivity contribution in [1.29, 1.82) is 0 Å². The van der Waals surface area contributed by atoms with Gasteiger partial charge in [-0.2, -0.15) is 0 Å². The maximum Gasteiger partial charge on any atom is 0.227 e. The van der Waals surface area contributed by atoms with Gasteiger partial charge < -0.3 is 10.2 Å². The number of nitrogens with one attached hydrogen (secondary N) is 1. The van der Waals surface area contributed by atoms with Crippen molar-refractivity contribution in [3.05, 3.63) is 78.2 Å². The maximum absolute atomic E-state index is 13.6. The molecule has 1 saturated heterocycles. The number of hydrogen-bond acceptors (Lipinski definition) is 4. The number of fused-ring (bicyclic) bond motifs is 1. The van der Waals surface area contributed by atoms with E-state index in [1.54, 1.807) is 16.8 Å². The minimum Gasteiger partial charge on any atom is -0.362 e. The second-order valence-corrected chi connectivity index (χ2v) is 7.75.